The van der Waals surface area contributed by atoms with Crippen LogP contribution in [0.1, 0.15) is 50.0 Å². The van der Waals surface area contributed by atoms with Gasteiger partial charge in [-0.15, -0.1) is 0 Å². The fourth-order valence-corrected chi connectivity index (χ4v) is 4.18. The number of fused-ring (bicyclic) bond motifs is 1. The SMILES string of the molecule is COCC(F)(F)c1cccc2c1CC[C@@H]2O[Si](C)(C)C(C)(C)C. The number of alkyl halides is 2. The number of benzene rings is 1. The molecule has 23 heavy (non-hydrogen) atoms. The van der Waals surface area contributed by atoms with Gasteiger partial charge < -0.3 is 9.16 Å². The topological polar surface area (TPSA) is 18.5 Å². The average molecular weight is 343 g/mol. The van der Waals surface area contributed by atoms with Crippen LogP contribution in [0.3, 0.4) is 0 Å². The van der Waals surface area contributed by atoms with Crippen molar-refractivity contribution >= 4 is 8.32 Å². The van der Waals surface area contributed by atoms with Crippen LogP contribution in [0.4, 0.5) is 8.78 Å². The standard InChI is InChI=1S/C18H28F2O2Si/c1-17(2,3)23(5,6)22-16-11-10-13-14(16)8-7-9-15(13)18(19,20)12-21-4/h7-9,16H,10-12H2,1-6H3/t16-/m0/s1. The van der Waals surface area contributed by atoms with E-state index in [9.17, 15) is 8.78 Å². The summed E-state index contributed by atoms with van der Waals surface area (Å²) in [5, 5.41) is 0.105. The van der Waals surface area contributed by atoms with Gasteiger partial charge in [-0.25, -0.2) is 0 Å². The molecule has 0 aliphatic heterocycles. The molecule has 2 rings (SSSR count). The number of halogens is 2. The van der Waals surface area contributed by atoms with E-state index >= 15 is 0 Å². The summed E-state index contributed by atoms with van der Waals surface area (Å²) in [5.74, 6) is -2.95. The molecule has 0 saturated heterocycles. The zero-order valence-corrected chi connectivity index (χ0v) is 16.0. The van der Waals surface area contributed by atoms with E-state index in [4.69, 9.17) is 9.16 Å². The van der Waals surface area contributed by atoms with E-state index in [0.29, 0.717) is 6.42 Å². The highest BCUT2D eigenvalue weighted by Gasteiger charge is 2.42. The molecule has 0 radical (unpaired) electrons. The summed E-state index contributed by atoms with van der Waals surface area (Å²) >= 11 is 0. The van der Waals surface area contributed by atoms with Gasteiger partial charge in [0.05, 0.1) is 6.10 Å². The number of rotatable bonds is 5. The third-order valence-corrected chi connectivity index (χ3v) is 9.66. The van der Waals surface area contributed by atoms with Gasteiger partial charge in [-0.1, -0.05) is 39.0 Å². The Morgan fingerprint density at radius 2 is 1.87 bits per heavy atom. The van der Waals surface area contributed by atoms with Crippen LogP contribution in [0.15, 0.2) is 18.2 Å². The Labute approximate surface area is 139 Å². The molecule has 0 bridgehead atoms. The van der Waals surface area contributed by atoms with Gasteiger partial charge in [0.1, 0.15) is 6.61 Å². The first-order chi connectivity index (χ1) is 10.5. The third kappa shape index (κ3) is 3.67. The third-order valence-electron chi connectivity index (χ3n) is 5.18. The number of ether oxygens (including phenoxy) is 1. The predicted octanol–water partition coefficient (Wildman–Crippen LogP) is 5.43. The van der Waals surface area contributed by atoms with E-state index < -0.39 is 20.8 Å². The van der Waals surface area contributed by atoms with E-state index in [1.54, 1.807) is 6.07 Å². The fraction of sp³-hybridized carbons (Fsp3) is 0.667. The molecule has 1 aromatic carbocycles. The largest absolute Gasteiger partial charge is 0.410 e. The van der Waals surface area contributed by atoms with Crippen LogP contribution < -0.4 is 0 Å². The van der Waals surface area contributed by atoms with Crippen molar-refractivity contribution in [3.8, 4) is 0 Å². The van der Waals surface area contributed by atoms with Crippen molar-refractivity contribution in [3.63, 3.8) is 0 Å². The van der Waals surface area contributed by atoms with E-state index in [1.807, 2.05) is 6.07 Å². The average Bonchev–Trinajstić information content (AvgIpc) is 2.80. The number of hydrogen-bond acceptors (Lipinski definition) is 2. The highest BCUT2D eigenvalue weighted by molar-refractivity contribution is 6.74. The molecule has 0 saturated carbocycles. The van der Waals surface area contributed by atoms with E-state index in [-0.39, 0.29) is 16.7 Å². The van der Waals surface area contributed by atoms with Gasteiger partial charge in [0.25, 0.3) is 5.92 Å². The van der Waals surface area contributed by atoms with Gasteiger partial charge in [-0.3, -0.25) is 0 Å². The smallest absolute Gasteiger partial charge is 0.296 e. The summed E-state index contributed by atoms with van der Waals surface area (Å²) < 4.78 is 39.8. The van der Waals surface area contributed by atoms with Gasteiger partial charge in [0.2, 0.25) is 0 Å². The summed E-state index contributed by atoms with van der Waals surface area (Å²) in [6, 6.07) is 5.17. The second-order valence-corrected chi connectivity index (χ2v) is 12.7. The summed E-state index contributed by atoms with van der Waals surface area (Å²) in [7, 11) is -0.623. The fourth-order valence-electron chi connectivity index (χ4n) is 2.87. The molecule has 0 aromatic heterocycles. The second kappa shape index (κ2) is 6.26. The van der Waals surface area contributed by atoms with Crippen molar-refractivity contribution in [2.45, 2.75) is 63.8 Å². The van der Waals surface area contributed by atoms with E-state index in [2.05, 4.69) is 33.9 Å². The zero-order chi connectivity index (χ0) is 17.5. The summed E-state index contributed by atoms with van der Waals surface area (Å²) in [4.78, 5) is 0. The van der Waals surface area contributed by atoms with Crippen LogP contribution >= 0.6 is 0 Å². The first-order valence-corrected chi connectivity index (χ1v) is 11.1. The minimum Gasteiger partial charge on any atom is -0.410 e. The Bertz CT molecular complexity index is 565. The molecule has 5 heteroatoms. The lowest BCUT2D eigenvalue weighted by molar-refractivity contribution is -0.0703. The van der Waals surface area contributed by atoms with Crippen LogP contribution in [0.2, 0.25) is 18.1 Å². The van der Waals surface area contributed by atoms with Crippen molar-refractivity contribution in [3.05, 3.63) is 34.9 Å². The maximum Gasteiger partial charge on any atom is 0.296 e. The van der Waals surface area contributed by atoms with Crippen molar-refractivity contribution < 1.29 is 17.9 Å². The molecule has 0 amide bonds. The van der Waals surface area contributed by atoms with Gasteiger partial charge in [0.15, 0.2) is 8.32 Å². The van der Waals surface area contributed by atoms with E-state index in [0.717, 1.165) is 17.5 Å². The Kier molecular flexibility index (Phi) is 5.05. The molecule has 1 aliphatic rings. The summed E-state index contributed by atoms with van der Waals surface area (Å²) in [6.45, 7) is 10.4. The van der Waals surface area contributed by atoms with Crippen molar-refractivity contribution in [2.24, 2.45) is 0 Å². The van der Waals surface area contributed by atoms with Crippen molar-refractivity contribution in [1.29, 1.82) is 0 Å². The minimum atomic E-state index is -2.95. The first kappa shape index (κ1) is 18.6. The van der Waals surface area contributed by atoms with Crippen molar-refractivity contribution in [1.82, 2.24) is 0 Å². The molecule has 1 aromatic rings. The molecule has 0 unspecified atom stereocenters. The molecule has 0 heterocycles. The summed E-state index contributed by atoms with van der Waals surface area (Å²) in [6.07, 6.45) is 1.36. The van der Waals surface area contributed by atoms with Crippen LogP contribution in [0.25, 0.3) is 0 Å². The lowest BCUT2D eigenvalue weighted by atomic mass is 9.98. The minimum absolute atomic E-state index is 0.0656. The Hall–Kier alpha value is -0.783. The Morgan fingerprint density at radius 3 is 2.43 bits per heavy atom. The van der Waals surface area contributed by atoms with Crippen LogP contribution in [-0.4, -0.2) is 22.0 Å². The second-order valence-electron chi connectivity index (χ2n) is 7.92. The zero-order valence-electron chi connectivity index (χ0n) is 15.0. The van der Waals surface area contributed by atoms with Gasteiger partial charge in [0, 0.05) is 12.7 Å². The lowest BCUT2D eigenvalue weighted by Crippen LogP contribution is -2.41. The van der Waals surface area contributed by atoms with Crippen LogP contribution in [-0.2, 0) is 21.5 Å². The Balaban J connectivity index is 2.32. The maximum absolute atomic E-state index is 14.3. The predicted molar refractivity (Wildman–Crippen MR) is 91.6 cm³/mol. The first-order valence-electron chi connectivity index (χ1n) is 8.16. The summed E-state index contributed by atoms with van der Waals surface area (Å²) in [5.41, 5.74) is 1.78. The van der Waals surface area contributed by atoms with E-state index in [1.165, 1.54) is 13.2 Å². The molecule has 0 fully saturated rings. The number of methoxy groups -OCH3 is 1. The van der Waals surface area contributed by atoms with Gasteiger partial charge >= 0.3 is 0 Å². The quantitative estimate of drug-likeness (QED) is 0.664. The molecular formula is C18H28F2O2Si. The highest BCUT2D eigenvalue weighted by atomic mass is 28.4. The Morgan fingerprint density at radius 1 is 1.22 bits per heavy atom. The number of hydrogen-bond donors (Lipinski definition) is 0. The molecule has 0 spiro atoms. The monoisotopic (exact) mass is 342 g/mol. The maximum atomic E-state index is 14.3. The normalized spacial score (nSPS) is 19.0. The molecule has 130 valence electrons. The van der Waals surface area contributed by atoms with Gasteiger partial charge in [-0.2, -0.15) is 8.78 Å². The lowest BCUT2D eigenvalue weighted by Gasteiger charge is -2.38. The molecule has 1 atom stereocenters. The highest BCUT2D eigenvalue weighted by Crippen LogP contribution is 2.46. The van der Waals surface area contributed by atoms with Crippen LogP contribution in [0.5, 0.6) is 0 Å². The van der Waals surface area contributed by atoms with Crippen LogP contribution in [0, 0.1) is 0 Å². The van der Waals surface area contributed by atoms with Crippen molar-refractivity contribution in [2.75, 3.05) is 13.7 Å². The molecule has 0 N–H and O–H groups in total. The van der Waals surface area contributed by atoms with Gasteiger partial charge in [-0.05, 0) is 42.1 Å². The molecule has 2 nitrogen and oxygen atoms in total. The molecular weight excluding hydrogens is 314 g/mol. The molecule has 1 aliphatic carbocycles.